The minimum absolute atomic E-state index is 0.0482. The van der Waals surface area contributed by atoms with Crippen molar-refractivity contribution >= 4 is 29.8 Å². The van der Waals surface area contributed by atoms with E-state index in [0.717, 1.165) is 37.1 Å². The molecule has 4 fully saturated rings. The second-order valence-corrected chi connectivity index (χ2v) is 12.6. The number of nitrogens with zero attached hydrogens (tertiary/aromatic N) is 2. The molecular formula is C25H38N4O3S. The van der Waals surface area contributed by atoms with E-state index in [1.807, 2.05) is 26.8 Å². The largest absolute Gasteiger partial charge is 0.390 e. The minimum atomic E-state index is -0.690. The molecule has 1 aromatic rings. The molecule has 4 aliphatic carbocycles. The van der Waals surface area contributed by atoms with Gasteiger partial charge in [-0.15, -0.1) is 11.8 Å². The quantitative estimate of drug-likeness (QED) is 0.500. The van der Waals surface area contributed by atoms with Crippen LogP contribution in [-0.4, -0.2) is 50.1 Å². The zero-order valence-corrected chi connectivity index (χ0v) is 21.2. The highest BCUT2D eigenvalue weighted by molar-refractivity contribution is 7.99. The third-order valence-electron chi connectivity index (χ3n) is 7.44. The lowest BCUT2D eigenvalue weighted by molar-refractivity contribution is -0.137. The smallest absolute Gasteiger partial charge is 0.255 e. The average Bonchev–Trinajstić information content (AvgIpc) is 3.10. The molecule has 0 aliphatic heterocycles. The summed E-state index contributed by atoms with van der Waals surface area (Å²) in [5, 5.41) is 22.6. The maximum Gasteiger partial charge on any atom is 0.255 e. The molecule has 1 aromatic heterocycles. The molecule has 0 aromatic carbocycles. The Labute approximate surface area is 201 Å². The van der Waals surface area contributed by atoms with E-state index in [2.05, 4.69) is 29.6 Å². The van der Waals surface area contributed by atoms with E-state index in [9.17, 15) is 14.7 Å². The van der Waals surface area contributed by atoms with Crippen LogP contribution in [0.4, 0.5) is 0 Å². The van der Waals surface area contributed by atoms with Crippen molar-refractivity contribution < 1.29 is 14.7 Å². The normalized spacial score (nSPS) is 30.9. The Balaban J connectivity index is 1.53. The maximum absolute atomic E-state index is 13.4. The van der Waals surface area contributed by atoms with Gasteiger partial charge in [0.1, 0.15) is 5.03 Å². The zero-order chi connectivity index (χ0) is 24.0. The van der Waals surface area contributed by atoms with E-state index < -0.39 is 11.0 Å². The lowest BCUT2D eigenvalue weighted by Gasteiger charge is -2.58. The molecule has 0 spiro atoms. The summed E-state index contributed by atoms with van der Waals surface area (Å²) in [7, 11) is 0. The lowest BCUT2D eigenvalue weighted by Crippen LogP contribution is -2.61. The number of aromatic nitrogens is 2. The van der Waals surface area contributed by atoms with Crippen LogP contribution in [-0.2, 0) is 4.79 Å². The summed E-state index contributed by atoms with van der Waals surface area (Å²) < 4.78 is 1.71. The van der Waals surface area contributed by atoms with Gasteiger partial charge in [-0.05, 0) is 70.6 Å². The van der Waals surface area contributed by atoms with E-state index in [1.54, 1.807) is 28.8 Å². The molecule has 182 valence electrons. The van der Waals surface area contributed by atoms with Gasteiger partial charge in [0.25, 0.3) is 5.91 Å². The van der Waals surface area contributed by atoms with Crippen molar-refractivity contribution in [3.8, 4) is 0 Å². The molecule has 2 unspecified atom stereocenters. The molecule has 4 bridgehead atoms. The molecular weight excluding hydrogens is 436 g/mol. The van der Waals surface area contributed by atoms with Crippen molar-refractivity contribution in [1.29, 1.82) is 0 Å². The number of aliphatic hydroxyl groups is 1. The average molecular weight is 475 g/mol. The Hall–Kier alpha value is -1.80. The fourth-order valence-electron chi connectivity index (χ4n) is 6.12. The van der Waals surface area contributed by atoms with Crippen molar-refractivity contribution in [3.63, 3.8) is 0 Å². The molecule has 2 amide bonds. The van der Waals surface area contributed by atoms with Gasteiger partial charge < -0.3 is 15.7 Å². The van der Waals surface area contributed by atoms with Crippen molar-refractivity contribution in [2.24, 2.45) is 23.2 Å². The highest BCUT2D eigenvalue weighted by Gasteiger charge is 2.55. The van der Waals surface area contributed by atoms with E-state index >= 15 is 0 Å². The van der Waals surface area contributed by atoms with Gasteiger partial charge in [-0.2, -0.15) is 5.10 Å². The van der Waals surface area contributed by atoms with Crippen LogP contribution in [0.15, 0.2) is 17.3 Å². The summed E-state index contributed by atoms with van der Waals surface area (Å²) in [6.45, 7) is 10.4. The molecule has 2 atom stereocenters. The second-order valence-electron chi connectivity index (χ2n) is 11.1. The van der Waals surface area contributed by atoms with Gasteiger partial charge >= 0.3 is 0 Å². The summed E-state index contributed by atoms with van der Waals surface area (Å²) in [4.78, 5) is 25.7. The third kappa shape index (κ3) is 5.02. The zero-order valence-electron chi connectivity index (χ0n) is 20.4. The second kappa shape index (κ2) is 9.10. The third-order valence-corrected chi connectivity index (χ3v) is 8.54. The molecule has 5 rings (SSSR count). The van der Waals surface area contributed by atoms with E-state index in [-0.39, 0.29) is 23.1 Å². The molecule has 4 aliphatic rings. The summed E-state index contributed by atoms with van der Waals surface area (Å²) in [6.07, 6.45) is 9.99. The van der Waals surface area contributed by atoms with Gasteiger partial charge in [0, 0.05) is 24.0 Å². The topological polar surface area (TPSA) is 96.2 Å². The van der Waals surface area contributed by atoms with E-state index in [4.69, 9.17) is 0 Å². The molecule has 8 heteroatoms. The standard InChI is InChI=1S/C25H38N4O3S/c1-6-26-23(31)24(4,5)7-8-29-22(33-15(2)3)19(14-27-29)21(30)28-20-17-9-16-10-18(20)13-25(32,11-16)12-17/h7-8,14-18,20,32H,6,9-13H2,1-5H3,(H,26,31)(H,28,30)/b8-7+. The Morgan fingerprint density at radius 2 is 1.97 bits per heavy atom. The van der Waals surface area contributed by atoms with Gasteiger partial charge in [-0.1, -0.05) is 19.9 Å². The fourth-order valence-corrected chi connectivity index (χ4v) is 7.06. The van der Waals surface area contributed by atoms with Crippen molar-refractivity contribution in [2.75, 3.05) is 6.54 Å². The van der Waals surface area contributed by atoms with Crippen LogP contribution in [0.2, 0.25) is 0 Å². The first kappa shape index (κ1) is 24.3. The van der Waals surface area contributed by atoms with Crippen LogP contribution in [0.25, 0.3) is 6.20 Å². The maximum atomic E-state index is 13.4. The number of hydrogen-bond acceptors (Lipinski definition) is 5. The van der Waals surface area contributed by atoms with E-state index in [0.29, 0.717) is 29.9 Å². The molecule has 0 saturated heterocycles. The van der Waals surface area contributed by atoms with E-state index in [1.165, 1.54) is 0 Å². The summed E-state index contributed by atoms with van der Waals surface area (Å²) >= 11 is 1.59. The molecule has 33 heavy (non-hydrogen) atoms. The highest BCUT2D eigenvalue weighted by atomic mass is 32.2. The Morgan fingerprint density at radius 3 is 2.55 bits per heavy atom. The highest BCUT2D eigenvalue weighted by Crippen LogP contribution is 2.55. The fraction of sp³-hybridized carbons (Fsp3) is 0.720. The first-order valence-electron chi connectivity index (χ1n) is 12.3. The Bertz CT molecular complexity index is 922. The SMILES string of the molecule is CCNC(=O)C(C)(C)/C=C/n1ncc(C(=O)NC2C3CC4CC2CC(O)(C4)C3)c1SC(C)C. The summed E-state index contributed by atoms with van der Waals surface area (Å²) in [6, 6.07) is 0.127. The van der Waals surface area contributed by atoms with Crippen LogP contribution in [0.5, 0.6) is 0 Å². The molecule has 0 radical (unpaired) electrons. The number of carbonyl (C=O) groups excluding carboxylic acids is 2. The van der Waals surface area contributed by atoms with Crippen LogP contribution >= 0.6 is 11.8 Å². The number of nitrogens with one attached hydrogen (secondary N) is 2. The van der Waals surface area contributed by atoms with Gasteiger partial charge in [0.15, 0.2) is 0 Å². The van der Waals surface area contributed by atoms with Crippen molar-refractivity contribution in [2.45, 2.75) is 88.6 Å². The first-order chi connectivity index (χ1) is 15.5. The molecule has 1 heterocycles. The predicted molar refractivity (Wildman–Crippen MR) is 131 cm³/mol. The number of carbonyl (C=O) groups is 2. The van der Waals surface area contributed by atoms with Gasteiger partial charge in [0.05, 0.1) is 22.8 Å². The van der Waals surface area contributed by atoms with Crippen LogP contribution in [0.3, 0.4) is 0 Å². The molecule has 4 saturated carbocycles. The Kier molecular flexibility index (Phi) is 6.71. The number of amides is 2. The van der Waals surface area contributed by atoms with Crippen LogP contribution in [0.1, 0.15) is 77.1 Å². The first-order valence-corrected chi connectivity index (χ1v) is 13.1. The number of hydrogen-bond donors (Lipinski definition) is 3. The van der Waals surface area contributed by atoms with Crippen molar-refractivity contribution in [1.82, 2.24) is 20.4 Å². The van der Waals surface area contributed by atoms with Gasteiger partial charge in [0.2, 0.25) is 5.91 Å². The molecule has 7 nitrogen and oxygen atoms in total. The summed E-state index contributed by atoms with van der Waals surface area (Å²) in [5.74, 6) is 1.19. The van der Waals surface area contributed by atoms with Crippen LogP contribution < -0.4 is 10.6 Å². The van der Waals surface area contributed by atoms with Crippen LogP contribution in [0, 0.1) is 23.2 Å². The number of thioether (sulfide) groups is 1. The van der Waals surface area contributed by atoms with Gasteiger partial charge in [-0.25, -0.2) is 4.68 Å². The monoisotopic (exact) mass is 474 g/mol. The van der Waals surface area contributed by atoms with Gasteiger partial charge in [-0.3, -0.25) is 9.59 Å². The number of rotatable bonds is 8. The molecule has 3 N–H and O–H groups in total. The lowest BCUT2D eigenvalue weighted by atomic mass is 9.52. The Morgan fingerprint density at radius 1 is 1.30 bits per heavy atom. The summed E-state index contributed by atoms with van der Waals surface area (Å²) in [5.41, 5.74) is -0.630. The predicted octanol–water partition coefficient (Wildman–Crippen LogP) is 3.69. The van der Waals surface area contributed by atoms with Crippen molar-refractivity contribution in [3.05, 3.63) is 17.8 Å². The minimum Gasteiger partial charge on any atom is -0.390 e.